The Kier molecular flexibility index (Phi) is 3.74. The third-order valence-corrected chi connectivity index (χ3v) is 3.21. The molecule has 0 saturated carbocycles. The molecule has 1 aliphatic heterocycles. The minimum atomic E-state index is 0.230. The van der Waals surface area contributed by atoms with Crippen LogP contribution in [0, 0.1) is 12.8 Å². The highest BCUT2D eigenvalue weighted by molar-refractivity contribution is 5.78. The Labute approximate surface area is 102 Å². The van der Waals surface area contributed by atoms with Crippen molar-refractivity contribution in [2.45, 2.75) is 19.8 Å². The molecule has 1 fully saturated rings. The van der Waals surface area contributed by atoms with E-state index in [0.717, 1.165) is 30.9 Å². The molecule has 0 bridgehead atoms. The molecule has 2 N–H and O–H groups in total. The summed E-state index contributed by atoms with van der Waals surface area (Å²) in [4.78, 5) is 18.0. The summed E-state index contributed by atoms with van der Waals surface area (Å²) in [5, 5.41) is 0. The molecular formula is C13H19N3O. The van der Waals surface area contributed by atoms with E-state index >= 15 is 0 Å². The monoisotopic (exact) mass is 233 g/mol. The van der Waals surface area contributed by atoms with Crippen LogP contribution in [0.3, 0.4) is 0 Å². The SMILES string of the molecule is Cc1cccc(CCN2CC(CN)CC2=O)n1. The van der Waals surface area contributed by atoms with Crippen molar-refractivity contribution >= 4 is 5.91 Å². The fourth-order valence-corrected chi connectivity index (χ4v) is 2.22. The average molecular weight is 233 g/mol. The van der Waals surface area contributed by atoms with Crippen LogP contribution in [-0.4, -0.2) is 35.4 Å². The van der Waals surface area contributed by atoms with Gasteiger partial charge >= 0.3 is 0 Å². The molecule has 4 heteroatoms. The van der Waals surface area contributed by atoms with Gasteiger partial charge in [0.15, 0.2) is 0 Å². The maximum absolute atomic E-state index is 11.7. The Morgan fingerprint density at radius 1 is 1.53 bits per heavy atom. The van der Waals surface area contributed by atoms with Gasteiger partial charge in [-0.15, -0.1) is 0 Å². The Morgan fingerprint density at radius 3 is 3.00 bits per heavy atom. The van der Waals surface area contributed by atoms with Gasteiger partial charge in [0, 0.05) is 37.3 Å². The van der Waals surface area contributed by atoms with Crippen molar-refractivity contribution in [3.63, 3.8) is 0 Å². The van der Waals surface area contributed by atoms with Gasteiger partial charge < -0.3 is 10.6 Å². The van der Waals surface area contributed by atoms with E-state index in [0.29, 0.717) is 18.9 Å². The third kappa shape index (κ3) is 3.03. The molecular weight excluding hydrogens is 214 g/mol. The Bertz CT molecular complexity index is 405. The molecule has 1 saturated heterocycles. The molecule has 17 heavy (non-hydrogen) atoms. The van der Waals surface area contributed by atoms with E-state index in [1.165, 1.54) is 0 Å². The Hall–Kier alpha value is -1.42. The van der Waals surface area contributed by atoms with E-state index < -0.39 is 0 Å². The molecule has 2 rings (SSSR count). The van der Waals surface area contributed by atoms with Crippen LogP contribution >= 0.6 is 0 Å². The molecule has 0 radical (unpaired) electrons. The van der Waals surface area contributed by atoms with E-state index in [9.17, 15) is 4.79 Å². The van der Waals surface area contributed by atoms with Crippen molar-refractivity contribution in [3.05, 3.63) is 29.6 Å². The van der Waals surface area contributed by atoms with Crippen molar-refractivity contribution in [3.8, 4) is 0 Å². The highest BCUT2D eigenvalue weighted by Gasteiger charge is 2.27. The number of hydrogen-bond acceptors (Lipinski definition) is 3. The Balaban J connectivity index is 1.88. The second-order valence-electron chi connectivity index (χ2n) is 4.67. The fraction of sp³-hybridized carbons (Fsp3) is 0.538. The number of rotatable bonds is 4. The lowest BCUT2D eigenvalue weighted by Gasteiger charge is -2.16. The number of amides is 1. The second kappa shape index (κ2) is 5.27. The molecule has 1 aromatic rings. The molecule has 0 spiro atoms. The van der Waals surface area contributed by atoms with Gasteiger partial charge in [0.05, 0.1) is 0 Å². The van der Waals surface area contributed by atoms with E-state index in [1.54, 1.807) is 0 Å². The fourth-order valence-electron chi connectivity index (χ4n) is 2.22. The zero-order valence-electron chi connectivity index (χ0n) is 10.2. The number of aryl methyl sites for hydroxylation is 1. The van der Waals surface area contributed by atoms with Crippen molar-refractivity contribution in [2.75, 3.05) is 19.6 Å². The first-order valence-electron chi connectivity index (χ1n) is 6.09. The minimum absolute atomic E-state index is 0.230. The van der Waals surface area contributed by atoms with Gasteiger partial charge in [-0.2, -0.15) is 0 Å². The number of nitrogens with two attached hydrogens (primary N) is 1. The lowest BCUT2D eigenvalue weighted by molar-refractivity contribution is -0.127. The summed E-state index contributed by atoms with van der Waals surface area (Å²) >= 11 is 0. The summed E-state index contributed by atoms with van der Waals surface area (Å²) in [6.45, 7) is 4.15. The van der Waals surface area contributed by atoms with Crippen molar-refractivity contribution in [1.82, 2.24) is 9.88 Å². The molecule has 1 unspecified atom stereocenters. The van der Waals surface area contributed by atoms with E-state index in [1.807, 2.05) is 30.0 Å². The molecule has 1 aromatic heterocycles. The topological polar surface area (TPSA) is 59.2 Å². The van der Waals surface area contributed by atoms with Crippen LogP contribution in [0.25, 0.3) is 0 Å². The van der Waals surface area contributed by atoms with Gasteiger partial charge in [-0.1, -0.05) is 6.07 Å². The summed E-state index contributed by atoms with van der Waals surface area (Å²) in [6, 6.07) is 6.00. The normalized spacial score (nSPS) is 20.0. The number of pyridine rings is 1. The molecule has 1 aliphatic rings. The average Bonchev–Trinajstić information content (AvgIpc) is 2.68. The largest absolute Gasteiger partial charge is 0.342 e. The molecule has 1 atom stereocenters. The van der Waals surface area contributed by atoms with Gasteiger partial charge in [0.1, 0.15) is 0 Å². The number of carbonyl (C=O) groups is 1. The predicted octanol–water partition coefficient (Wildman–Crippen LogP) is 0.740. The standard InChI is InChI=1S/C13H19N3O/c1-10-3-2-4-12(15-10)5-6-16-9-11(8-14)7-13(16)17/h2-4,11H,5-9,14H2,1H3. The van der Waals surface area contributed by atoms with Crippen molar-refractivity contribution in [1.29, 1.82) is 0 Å². The van der Waals surface area contributed by atoms with Crippen LogP contribution in [0.1, 0.15) is 17.8 Å². The summed E-state index contributed by atoms with van der Waals surface area (Å²) in [6.07, 6.45) is 1.43. The highest BCUT2D eigenvalue weighted by atomic mass is 16.2. The van der Waals surface area contributed by atoms with E-state index in [4.69, 9.17) is 5.73 Å². The maximum Gasteiger partial charge on any atom is 0.222 e. The highest BCUT2D eigenvalue weighted by Crippen LogP contribution is 2.16. The van der Waals surface area contributed by atoms with Crippen LogP contribution in [0.2, 0.25) is 0 Å². The van der Waals surface area contributed by atoms with Crippen LogP contribution < -0.4 is 5.73 Å². The van der Waals surface area contributed by atoms with E-state index in [-0.39, 0.29) is 5.91 Å². The summed E-state index contributed by atoms with van der Waals surface area (Å²) in [5.74, 6) is 0.570. The number of hydrogen-bond donors (Lipinski definition) is 1. The van der Waals surface area contributed by atoms with Gasteiger partial charge in [0.25, 0.3) is 0 Å². The summed E-state index contributed by atoms with van der Waals surface area (Å²) < 4.78 is 0. The first kappa shape index (κ1) is 12.0. The summed E-state index contributed by atoms with van der Waals surface area (Å²) in [7, 11) is 0. The zero-order chi connectivity index (χ0) is 12.3. The number of aromatic nitrogens is 1. The maximum atomic E-state index is 11.7. The predicted molar refractivity (Wildman–Crippen MR) is 66.4 cm³/mol. The van der Waals surface area contributed by atoms with Crippen LogP contribution in [0.4, 0.5) is 0 Å². The smallest absolute Gasteiger partial charge is 0.222 e. The second-order valence-corrected chi connectivity index (χ2v) is 4.67. The molecule has 92 valence electrons. The van der Waals surface area contributed by atoms with Crippen LogP contribution in [-0.2, 0) is 11.2 Å². The number of nitrogens with zero attached hydrogens (tertiary/aromatic N) is 2. The molecule has 1 amide bonds. The quantitative estimate of drug-likeness (QED) is 0.834. The lowest BCUT2D eigenvalue weighted by atomic mass is 10.1. The molecule has 4 nitrogen and oxygen atoms in total. The Morgan fingerprint density at radius 2 is 2.35 bits per heavy atom. The first-order chi connectivity index (χ1) is 8.19. The summed E-state index contributed by atoms with van der Waals surface area (Å²) in [5.41, 5.74) is 7.67. The van der Waals surface area contributed by atoms with Crippen molar-refractivity contribution < 1.29 is 4.79 Å². The van der Waals surface area contributed by atoms with Gasteiger partial charge in [-0.25, -0.2) is 0 Å². The third-order valence-electron chi connectivity index (χ3n) is 3.21. The van der Waals surface area contributed by atoms with Gasteiger partial charge in [-0.3, -0.25) is 9.78 Å². The first-order valence-corrected chi connectivity index (χ1v) is 6.09. The van der Waals surface area contributed by atoms with Gasteiger partial charge in [0.2, 0.25) is 5.91 Å². The lowest BCUT2D eigenvalue weighted by Crippen LogP contribution is -2.28. The zero-order valence-corrected chi connectivity index (χ0v) is 10.2. The minimum Gasteiger partial charge on any atom is -0.342 e. The van der Waals surface area contributed by atoms with Crippen LogP contribution in [0.15, 0.2) is 18.2 Å². The van der Waals surface area contributed by atoms with Crippen LogP contribution in [0.5, 0.6) is 0 Å². The molecule has 2 heterocycles. The van der Waals surface area contributed by atoms with E-state index in [2.05, 4.69) is 4.98 Å². The number of likely N-dealkylation sites (tertiary alicyclic amines) is 1. The van der Waals surface area contributed by atoms with Gasteiger partial charge in [-0.05, 0) is 31.5 Å². The van der Waals surface area contributed by atoms with Crippen molar-refractivity contribution in [2.24, 2.45) is 11.7 Å². The molecule has 0 aromatic carbocycles. The number of carbonyl (C=O) groups excluding carboxylic acids is 1. The molecule has 0 aliphatic carbocycles.